The standard InChI is InChI=1S/C41H41N5O6/c1-45(31-15-19-33(51-3)20-16-31)40(49)36(25-28-11-7-5-8-12-28)43-38(47)30-23-24-42-35(27-30)39(48)44-37(26-29-13-9-6-10-14-29)41(50)46(2)32-17-21-34(52-4)22-18-32/h5-24,27,36-37H,25-26H2,1-4H3,(H,43,47)(H,44,48)/t36-,37-/m0/s1. The summed E-state index contributed by atoms with van der Waals surface area (Å²) < 4.78 is 10.5. The quantitative estimate of drug-likeness (QED) is 0.165. The molecule has 11 nitrogen and oxygen atoms in total. The third-order valence-corrected chi connectivity index (χ3v) is 8.61. The molecule has 0 aliphatic carbocycles. The van der Waals surface area contributed by atoms with Crippen molar-refractivity contribution in [3.8, 4) is 11.5 Å². The molecule has 11 heteroatoms. The third kappa shape index (κ3) is 9.39. The van der Waals surface area contributed by atoms with Crippen LogP contribution in [-0.4, -0.2) is 69.0 Å². The predicted molar refractivity (Wildman–Crippen MR) is 200 cm³/mol. The van der Waals surface area contributed by atoms with Gasteiger partial charge in [0.1, 0.15) is 29.3 Å². The first-order valence-corrected chi connectivity index (χ1v) is 16.7. The molecule has 0 unspecified atom stereocenters. The first-order chi connectivity index (χ1) is 25.2. The maximum absolute atomic E-state index is 13.8. The van der Waals surface area contributed by atoms with Crippen molar-refractivity contribution < 1.29 is 28.7 Å². The molecule has 0 fully saturated rings. The highest BCUT2D eigenvalue weighted by Crippen LogP contribution is 2.21. The minimum Gasteiger partial charge on any atom is -0.497 e. The summed E-state index contributed by atoms with van der Waals surface area (Å²) in [6.45, 7) is 0. The molecule has 52 heavy (non-hydrogen) atoms. The van der Waals surface area contributed by atoms with Gasteiger partial charge in [0.05, 0.1) is 14.2 Å². The molecule has 2 atom stereocenters. The molecule has 0 saturated heterocycles. The molecule has 0 radical (unpaired) electrons. The van der Waals surface area contributed by atoms with E-state index in [-0.39, 0.29) is 35.9 Å². The second-order valence-corrected chi connectivity index (χ2v) is 12.1. The zero-order valence-corrected chi connectivity index (χ0v) is 29.5. The number of aromatic nitrogens is 1. The number of nitrogens with one attached hydrogen (secondary N) is 2. The number of likely N-dealkylation sites (N-methyl/N-ethyl adjacent to an activating group) is 2. The molecule has 1 aromatic heterocycles. The molecule has 0 aliphatic rings. The van der Waals surface area contributed by atoms with Gasteiger partial charge in [0, 0.05) is 50.1 Å². The summed E-state index contributed by atoms with van der Waals surface area (Å²) in [7, 11) is 6.40. The number of hydrogen-bond donors (Lipinski definition) is 2. The second-order valence-electron chi connectivity index (χ2n) is 12.1. The van der Waals surface area contributed by atoms with Gasteiger partial charge < -0.3 is 29.9 Å². The van der Waals surface area contributed by atoms with E-state index in [1.54, 1.807) is 76.8 Å². The lowest BCUT2D eigenvalue weighted by atomic mass is 10.0. The number of methoxy groups -OCH3 is 2. The highest BCUT2D eigenvalue weighted by molar-refractivity contribution is 6.04. The average molecular weight is 700 g/mol. The first kappa shape index (κ1) is 36.8. The van der Waals surface area contributed by atoms with Crippen LogP contribution in [-0.2, 0) is 22.4 Å². The van der Waals surface area contributed by atoms with E-state index in [4.69, 9.17) is 9.47 Å². The molecule has 2 N–H and O–H groups in total. The molecule has 4 aromatic carbocycles. The van der Waals surface area contributed by atoms with E-state index in [0.29, 0.717) is 22.9 Å². The van der Waals surface area contributed by atoms with Crippen LogP contribution in [0.2, 0.25) is 0 Å². The van der Waals surface area contributed by atoms with Crippen molar-refractivity contribution >= 4 is 35.0 Å². The molecule has 0 aliphatic heterocycles. The zero-order valence-electron chi connectivity index (χ0n) is 29.5. The summed E-state index contributed by atoms with van der Waals surface area (Å²) in [4.78, 5) is 62.2. The van der Waals surface area contributed by atoms with Crippen LogP contribution in [0.4, 0.5) is 11.4 Å². The smallest absolute Gasteiger partial charge is 0.270 e. The van der Waals surface area contributed by atoms with Crippen molar-refractivity contribution in [3.05, 3.63) is 150 Å². The van der Waals surface area contributed by atoms with E-state index in [2.05, 4.69) is 15.6 Å². The van der Waals surface area contributed by atoms with Gasteiger partial charge in [-0.05, 0) is 71.8 Å². The number of ether oxygens (including phenoxy) is 2. The fraction of sp³-hybridized carbons (Fsp3) is 0.195. The van der Waals surface area contributed by atoms with E-state index >= 15 is 0 Å². The molecule has 0 bridgehead atoms. The number of carbonyl (C=O) groups is 4. The zero-order chi connectivity index (χ0) is 37.0. The first-order valence-electron chi connectivity index (χ1n) is 16.7. The van der Waals surface area contributed by atoms with Gasteiger partial charge in [-0.25, -0.2) is 0 Å². The van der Waals surface area contributed by atoms with Gasteiger partial charge in [0.2, 0.25) is 11.8 Å². The third-order valence-electron chi connectivity index (χ3n) is 8.61. The van der Waals surface area contributed by atoms with Crippen LogP contribution in [0, 0.1) is 0 Å². The highest BCUT2D eigenvalue weighted by Gasteiger charge is 2.28. The minimum absolute atomic E-state index is 0.0631. The second kappa shape index (κ2) is 17.4. The van der Waals surface area contributed by atoms with Crippen LogP contribution < -0.4 is 29.9 Å². The van der Waals surface area contributed by atoms with Crippen LogP contribution in [0.5, 0.6) is 11.5 Å². The Morgan fingerprint density at radius 3 is 1.44 bits per heavy atom. The Morgan fingerprint density at radius 1 is 0.596 bits per heavy atom. The molecule has 5 rings (SSSR count). The SMILES string of the molecule is COc1ccc(N(C)C(=O)[C@H](Cc2ccccc2)NC(=O)c2ccnc(C(=O)N[C@@H](Cc3ccccc3)C(=O)N(C)c3ccc(OC)cc3)c2)cc1. The van der Waals surface area contributed by atoms with Gasteiger partial charge >= 0.3 is 0 Å². The van der Waals surface area contributed by atoms with Crippen LogP contribution in [0.1, 0.15) is 32.0 Å². The lowest BCUT2D eigenvalue weighted by Gasteiger charge is -2.25. The molecule has 0 saturated carbocycles. The number of pyridine rings is 1. The lowest BCUT2D eigenvalue weighted by molar-refractivity contribution is -0.120. The number of hydrogen-bond acceptors (Lipinski definition) is 7. The van der Waals surface area contributed by atoms with Crippen molar-refractivity contribution in [2.75, 3.05) is 38.1 Å². The Morgan fingerprint density at radius 2 is 1.02 bits per heavy atom. The Balaban J connectivity index is 1.35. The highest BCUT2D eigenvalue weighted by atomic mass is 16.5. The van der Waals surface area contributed by atoms with E-state index < -0.39 is 23.9 Å². The van der Waals surface area contributed by atoms with E-state index in [1.165, 1.54) is 28.1 Å². The molecule has 4 amide bonds. The van der Waals surface area contributed by atoms with Gasteiger partial charge in [-0.15, -0.1) is 0 Å². The number of carbonyl (C=O) groups excluding carboxylic acids is 4. The number of benzene rings is 4. The van der Waals surface area contributed by atoms with Crippen molar-refractivity contribution in [3.63, 3.8) is 0 Å². The van der Waals surface area contributed by atoms with Gasteiger partial charge in [-0.2, -0.15) is 0 Å². The fourth-order valence-electron chi connectivity index (χ4n) is 5.60. The van der Waals surface area contributed by atoms with Gasteiger partial charge in [0.25, 0.3) is 11.8 Å². The van der Waals surface area contributed by atoms with Crippen LogP contribution >= 0.6 is 0 Å². The summed E-state index contributed by atoms with van der Waals surface area (Å²) >= 11 is 0. The summed E-state index contributed by atoms with van der Waals surface area (Å²) in [5.74, 6) is -0.588. The molecule has 1 heterocycles. The summed E-state index contributed by atoms with van der Waals surface area (Å²) in [5, 5.41) is 5.70. The minimum atomic E-state index is -0.956. The molecule has 5 aromatic rings. The summed E-state index contributed by atoms with van der Waals surface area (Å²) in [6, 6.07) is 33.7. The molecule has 0 spiro atoms. The van der Waals surface area contributed by atoms with Gasteiger partial charge in [-0.3, -0.25) is 24.2 Å². The normalized spacial score (nSPS) is 11.8. The monoisotopic (exact) mass is 699 g/mol. The molecule has 266 valence electrons. The Labute approximate surface area is 303 Å². The largest absolute Gasteiger partial charge is 0.497 e. The van der Waals surface area contributed by atoms with E-state index in [0.717, 1.165) is 11.1 Å². The lowest BCUT2D eigenvalue weighted by Crippen LogP contribution is -2.49. The molecular formula is C41H41N5O6. The van der Waals surface area contributed by atoms with Crippen LogP contribution in [0.25, 0.3) is 0 Å². The number of anilines is 2. The van der Waals surface area contributed by atoms with Crippen molar-refractivity contribution in [2.45, 2.75) is 24.9 Å². The summed E-state index contributed by atoms with van der Waals surface area (Å²) in [6.07, 6.45) is 1.80. The number of nitrogens with zero attached hydrogens (tertiary/aromatic N) is 3. The van der Waals surface area contributed by atoms with Gasteiger partial charge in [-0.1, -0.05) is 60.7 Å². The number of rotatable bonds is 14. The Hall–Kier alpha value is -6.49. The molecular weight excluding hydrogens is 658 g/mol. The van der Waals surface area contributed by atoms with E-state index in [9.17, 15) is 19.2 Å². The average Bonchev–Trinajstić information content (AvgIpc) is 3.20. The Kier molecular flexibility index (Phi) is 12.3. The fourth-order valence-corrected chi connectivity index (χ4v) is 5.60. The van der Waals surface area contributed by atoms with Crippen molar-refractivity contribution in [2.24, 2.45) is 0 Å². The van der Waals surface area contributed by atoms with Crippen LogP contribution in [0.3, 0.4) is 0 Å². The van der Waals surface area contributed by atoms with Crippen molar-refractivity contribution in [1.82, 2.24) is 15.6 Å². The Bertz CT molecular complexity index is 1830. The maximum Gasteiger partial charge on any atom is 0.270 e. The van der Waals surface area contributed by atoms with E-state index in [1.807, 2.05) is 60.7 Å². The van der Waals surface area contributed by atoms with Crippen LogP contribution in [0.15, 0.2) is 128 Å². The topological polar surface area (TPSA) is 130 Å². The number of amides is 4. The van der Waals surface area contributed by atoms with Crippen molar-refractivity contribution in [1.29, 1.82) is 0 Å². The summed E-state index contributed by atoms with van der Waals surface area (Å²) in [5.41, 5.74) is 3.00. The van der Waals surface area contributed by atoms with Gasteiger partial charge in [0.15, 0.2) is 0 Å². The predicted octanol–water partition coefficient (Wildman–Crippen LogP) is 5.11. The maximum atomic E-state index is 13.8.